The van der Waals surface area contributed by atoms with Crippen LogP contribution in [0.15, 0.2) is 207 Å². The van der Waals surface area contributed by atoms with Gasteiger partial charge in [0.15, 0.2) is 0 Å². The normalized spacial score (nSPS) is 15.8. The highest BCUT2D eigenvalue weighted by Gasteiger charge is 2.19. The number of aromatic nitrogens is 2. The number of hydrogen-bond donors (Lipinski definition) is 2. The summed E-state index contributed by atoms with van der Waals surface area (Å²) in [5.41, 5.74) is 49.6. The van der Waals surface area contributed by atoms with Gasteiger partial charge in [-0.25, -0.2) is 0 Å². The standard InChI is InChI=1S/C12H16.3C11H14.2C10H13N.2C10H12O.2C10H12.C9H11NO.C9H11N/c1-10-7-8-11-5-3-2-4-6-12(11)9-10;3*1-9-6-7-10-4-2-3-5-11(10)8-9;1-8-3-2-4-9-5-6-11-7-10(8)9;1-8-6-9-4-2-3-5-10(9)11-7-8;1-8-4-2-5-9-6-3-7-11-10(8)9;1-8-4-5-10-9(7-8)3-2-6-11-10;1-8-4-2-5-9-6-3-7-10(8)9;1-8-5-6-9-3-2-4-10(9)7-8;1-7-4-8-6-11-3-2-9(8)10-5-7;1-7-3-2-4-8-5-10-6-9(7)8/h7-9H,2-6H2,1H3;3*6-8H,2-5H2,1H3;2-4,11H,5-7H2,1H3;6-7H,2-5H2,1H3;2,4-5H,3,6-7H2,1H3;4-5,7H,2-3,6H2,1H3;2,4-5H,3,6-7H2,1H3;5-7H,2-4H2,1H3;4-5H,2-3,6H2,1H3;2-4,10H,5-6H2,1H3. The van der Waals surface area contributed by atoms with Gasteiger partial charge >= 0.3 is 0 Å². The molecule has 0 spiro atoms. The van der Waals surface area contributed by atoms with Crippen molar-refractivity contribution in [2.45, 2.75) is 321 Å². The molecule has 12 aliphatic rings. The van der Waals surface area contributed by atoms with Crippen LogP contribution in [0.5, 0.6) is 11.5 Å². The van der Waals surface area contributed by atoms with Gasteiger partial charge < -0.3 is 24.8 Å². The number of ether oxygens (including phenoxy) is 3. The summed E-state index contributed by atoms with van der Waals surface area (Å²) in [7, 11) is 0. The smallest absolute Gasteiger partial charge is 0.125 e. The fraction of sp³-hybridized carbons (Fsp3) is 0.431. The Balaban J connectivity index is 0.000000121. The van der Waals surface area contributed by atoms with Crippen molar-refractivity contribution in [1.82, 2.24) is 20.6 Å². The quantitative estimate of drug-likeness (QED) is 0.147. The van der Waals surface area contributed by atoms with E-state index in [0.717, 1.165) is 83.4 Å². The molecular weight excluding hydrogens is 1580 g/mol. The van der Waals surface area contributed by atoms with E-state index in [9.17, 15) is 0 Å². The van der Waals surface area contributed by atoms with E-state index in [4.69, 9.17) is 14.2 Å². The lowest BCUT2D eigenvalue weighted by molar-refractivity contribution is 0.109. The highest BCUT2D eigenvalue weighted by Crippen LogP contribution is 2.32. The summed E-state index contributed by atoms with van der Waals surface area (Å²) in [5, 5.41) is 6.71. The molecular formula is C123H154N4O3. The number of nitrogens with zero attached hydrogens (tertiary/aromatic N) is 2. The molecule has 0 bridgehead atoms. The largest absolute Gasteiger partial charge is 0.493 e. The van der Waals surface area contributed by atoms with Gasteiger partial charge in [-0.15, -0.1) is 0 Å². The van der Waals surface area contributed by atoms with Crippen LogP contribution in [0.4, 0.5) is 0 Å². The maximum absolute atomic E-state index is 5.55. The number of para-hydroxylation sites is 1. The zero-order valence-electron chi connectivity index (χ0n) is 81.7. The van der Waals surface area contributed by atoms with E-state index in [2.05, 4.69) is 298 Å². The highest BCUT2D eigenvalue weighted by molar-refractivity contribution is 5.45. The zero-order chi connectivity index (χ0) is 90.8. The fourth-order valence-corrected chi connectivity index (χ4v) is 20.4. The number of fused-ring (bicyclic) bond motifs is 12. The minimum absolute atomic E-state index is 0.740. The van der Waals surface area contributed by atoms with Gasteiger partial charge in [0.1, 0.15) is 11.5 Å². The van der Waals surface area contributed by atoms with E-state index in [-0.39, 0.29) is 0 Å². The lowest BCUT2D eigenvalue weighted by Crippen LogP contribution is -2.24. The number of rotatable bonds is 0. The predicted molar refractivity (Wildman–Crippen MR) is 549 cm³/mol. The van der Waals surface area contributed by atoms with E-state index in [0.29, 0.717) is 0 Å². The molecule has 0 saturated heterocycles. The average molecular weight is 1740 g/mol. The van der Waals surface area contributed by atoms with Crippen molar-refractivity contribution in [3.63, 3.8) is 0 Å². The van der Waals surface area contributed by atoms with Crippen molar-refractivity contribution in [3.05, 3.63) is 396 Å². The molecule has 0 radical (unpaired) electrons. The van der Waals surface area contributed by atoms with Gasteiger partial charge in [-0.2, -0.15) is 0 Å². The van der Waals surface area contributed by atoms with E-state index in [1.54, 1.807) is 66.8 Å². The molecule has 0 unspecified atom stereocenters. The Labute approximate surface area is 784 Å². The molecule has 10 aromatic carbocycles. The molecule has 684 valence electrons. The molecule has 7 aliphatic carbocycles. The molecule has 0 saturated carbocycles. The van der Waals surface area contributed by atoms with Crippen molar-refractivity contribution in [1.29, 1.82) is 0 Å². The third-order valence-corrected chi connectivity index (χ3v) is 27.8. The maximum Gasteiger partial charge on any atom is 0.125 e. The van der Waals surface area contributed by atoms with Crippen molar-refractivity contribution in [3.8, 4) is 11.5 Å². The van der Waals surface area contributed by atoms with Gasteiger partial charge in [0.2, 0.25) is 0 Å². The van der Waals surface area contributed by atoms with Crippen molar-refractivity contribution in [2.75, 3.05) is 26.4 Å². The Kier molecular flexibility index (Phi) is 38.3. The van der Waals surface area contributed by atoms with Crippen LogP contribution in [0, 0.1) is 83.1 Å². The van der Waals surface area contributed by atoms with Gasteiger partial charge in [0.05, 0.1) is 26.4 Å². The Morgan fingerprint density at radius 2 is 0.577 bits per heavy atom. The molecule has 7 heterocycles. The average Bonchev–Trinajstić information content (AvgIpc) is 1.66. The summed E-state index contributed by atoms with van der Waals surface area (Å²) in [6.45, 7) is 33.5. The molecule has 0 fully saturated rings. The zero-order valence-corrected chi connectivity index (χ0v) is 81.7. The lowest BCUT2D eigenvalue weighted by Gasteiger charge is -2.18. The topological polar surface area (TPSA) is 77.5 Å². The minimum Gasteiger partial charge on any atom is -0.493 e. The molecule has 7 nitrogen and oxygen atoms in total. The van der Waals surface area contributed by atoms with Crippen LogP contribution in [0.2, 0.25) is 0 Å². The Bertz CT molecular complexity index is 5040. The van der Waals surface area contributed by atoms with E-state index in [1.807, 2.05) is 12.4 Å². The molecule has 130 heavy (non-hydrogen) atoms. The van der Waals surface area contributed by atoms with E-state index in [1.165, 1.54) is 315 Å². The van der Waals surface area contributed by atoms with Crippen LogP contribution in [0.25, 0.3) is 0 Å². The van der Waals surface area contributed by atoms with E-state index < -0.39 is 0 Å². The second-order valence-electron chi connectivity index (χ2n) is 38.7. The first kappa shape index (κ1) is 97.5. The molecule has 2 aromatic heterocycles. The van der Waals surface area contributed by atoms with Crippen LogP contribution >= 0.6 is 0 Å². The van der Waals surface area contributed by atoms with Gasteiger partial charge in [0, 0.05) is 49.8 Å². The van der Waals surface area contributed by atoms with Crippen LogP contribution in [-0.2, 0) is 147 Å². The summed E-state index contributed by atoms with van der Waals surface area (Å²) in [6.07, 6.45) is 46.7. The van der Waals surface area contributed by atoms with Crippen LogP contribution < -0.4 is 20.1 Å². The van der Waals surface area contributed by atoms with Gasteiger partial charge in [-0.05, 0) is 439 Å². The first-order valence-corrected chi connectivity index (χ1v) is 50.4. The first-order valence-electron chi connectivity index (χ1n) is 50.4. The van der Waals surface area contributed by atoms with E-state index >= 15 is 0 Å². The summed E-state index contributed by atoms with van der Waals surface area (Å²) in [4.78, 5) is 8.76. The minimum atomic E-state index is 0.740. The molecule has 0 amide bonds. The Morgan fingerprint density at radius 1 is 0.223 bits per heavy atom. The summed E-state index contributed by atoms with van der Waals surface area (Å²) in [6, 6.07) is 71.2. The first-order chi connectivity index (χ1) is 63.4. The van der Waals surface area contributed by atoms with Crippen molar-refractivity contribution < 1.29 is 14.2 Å². The van der Waals surface area contributed by atoms with Crippen LogP contribution in [-0.4, -0.2) is 36.3 Å². The molecule has 5 aliphatic heterocycles. The predicted octanol–water partition coefficient (Wildman–Crippen LogP) is 28.5. The Morgan fingerprint density at radius 3 is 1.08 bits per heavy atom. The van der Waals surface area contributed by atoms with Gasteiger partial charge in [-0.3, -0.25) is 9.97 Å². The third kappa shape index (κ3) is 30.0. The summed E-state index contributed by atoms with van der Waals surface area (Å²) in [5.74, 6) is 2.21. The third-order valence-electron chi connectivity index (χ3n) is 27.8. The second-order valence-corrected chi connectivity index (χ2v) is 38.7. The van der Waals surface area contributed by atoms with Gasteiger partial charge in [-0.1, -0.05) is 228 Å². The molecule has 2 N–H and O–H groups in total. The SMILES string of the molecule is Cc1ccc2c(c1)CCC2.Cc1ccc2c(c1)CCCC2.Cc1ccc2c(c1)CCCC2.Cc1ccc2c(c1)CCCC2.Cc1ccc2c(c1)CCCCC2.Cc1ccc2c(c1)CCCO2.Cc1cccc2c1CCC2.Cc1cccc2c1CNC2.Cc1cccc2c1CNCC2.Cc1cccc2c1OCCC2.Cc1cnc2c(c1)CCCC2.Cc1cnc2c(c1)COCC2. The lowest BCUT2D eigenvalue weighted by atomic mass is 9.91. The maximum atomic E-state index is 5.55. The van der Waals surface area contributed by atoms with Gasteiger partial charge in [0.25, 0.3) is 0 Å². The molecule has 12 aromatic rings. The highest BCUT2D eigenvalue weighted by atomic mass is 16.5. The van der Waals surface area contributed by atoms with Crippen molar-refractivity contribution in [2.24, 2.45) is 0 Å². The summed E-state index contributed by atoms with van der Waals surface area (Å²) < 4.78 is 16.3. The Hall–Kier alpha value is -10.0. The molecule has 24 rings (SSSR count). The van der Waals surface area contributed by atoms with Crippen LogP contribution in [0.3, 0.4) is 0 Å². The molecule has 7 heteroatoms. The number of nitrogens with one attached hydrogen (secondary N) is 2. The fourth-order valence-electron chi connectivity index (χ4n) is 20.4. The number of aryl methyl sites for hydroxylation is 27. The monoisotopic (exact) mass is 1740 g/mol. The number of benzene rings is 10. The second kappa shape index (κ2) is 51.1. The van der Waals surface area contributed by atoms with Crippen LogP contribution in [0.1, 0.15) is 286 Å². The molecule has 0 atom stereocenters. The van der Waals surface area contributed by atoms with Crippen molar-refractivity contribution >= 4 is 0 Å². The summed E-state index contributed by atoms with van der Waals surface area (Å²) >= 11 is 0. The number of pyridine rings is 2. The number of hydrogen-bond acceptors (Lipinski definition) is 7.